The molecule has 0 atom stereocenters. The standard InChI is InChI=1S/C20H19ClN2O/c1-2-23(15-6-4-3-5-7-15)19(24)20(10-11-20)17-13-22-18-9-8-14(21)12-16(17)18/h3-9,12-13,22H,2,10-11H2,1H3. The minimum absolute atomic E-state index is 0.178. The zero-order chi connectivity index (χ0) is 16.7. The van der Waals surface area contributed by atoms with Gasteiger partial charge in [-0.1, -0.05) is 29.8 Å². The number of nitrogens with zero attached hydrogens (tertiary/aromatic N) is 1. The van der Waals surface area contributed by atoms with E-state index in [0.29, 0.717) is 11.6 Å². The molecule has 1 saturated carbocycles. The fraction of sp³-hybridized carbons (Fsp3) is 0.250. The van der Waals surface area contributed by atoms with Crippen LogP contribution in [-0.2, 0) is 10.2 Å². The average Bonchev–Trinajstić information content (AvgIpc) is 3.30. The number of carbonyl (C=O) groups is 1. The van der Waals surface area contributed by atoms with Gasteiger partial charge >= 0.3 is 0 Å². The molecule has 1 amide bonds. The van der Waals surface area contributed by atoms with Gasteiger partial charge < -0.3 is 9.88 Å². The summed E-state index contributed by atoms with van der Waals surface area (Å²) in [5, 5.41) is 1.75. The smallest absolute Gasteiger partial charge is 0.237 e. The highest BCUT2D eigenvalue weighted by molar-refractivity contribution is 6.31. The number of rotatable bonds is 4. The maximum Gasteiger partial charge on any atom is 0.237 e. The molecule has 2 aromatic carbocycles. The van der Waals surface area contributed by atoms with Crippen LogP contribution in [-0.4, -0.2) is 17.4 Å². The van der Waals surface area contributed by atoms with Crippen LogP contribution in [0.1, 0.15) is 25.3 Å². The minimum atomic E-state index is -0.422. The molecule has 0 bridgehead atoms. The van der Waals surface area contributed by atoms with Gasteiger partial charge in [-0.15, -0.1) is 0 Å². The molecule has 4 heteroatoms. The maximum absolute atomic E-state index is 13.4. The quantitative estimate of drug-likeness (QED) is 0.721. The number of aromatic nitrogens is 1. The fourth-order valence-electron chi connectivity index (χ4n) is 3.52. The zero-order valence-electron chi connectivity index (χ0n) is 13.6. The molecule has 0 unspecified atom stereocenters. The highest BCUT2D eigenvalue weighted by Crippen LogP contribution is 2.52. The summed E-state index contributed by atoms with van der Waals surface area (Å²) in [5.74, 6) is 0.178. The number of hydrogen-bond acceptors (Lipinski definition) is 1. The van der Waals surface area contributed by atoms with Gasteiger partial charge in [0.25, 0.3) is 0 Å². The van der Waals surface area contributed by atoms with Gasteiger partial charge in [0.15, 0.2) is 0 Å². The Labute approximate surface area is 146 Å². The molecule has 3 nitrogen and oxygen atoms in total. The summed E-state index contributed by atoms with van der Waals surface area (Å²) in [7, 11) is 0. The van der Waals surface area contributed by atoms with Crippen LogP contribution in [0.15, 0.2) is 54.7 Å². The average molecular weight is 339 g/mol. The first-order valence-electron chi connectivity index (χ1n) is 8.30. The van der Waals surface area contributed by atoms with E-state index in [0.717, 1.165) is 35.0 Å². The highest BCUT2D eigenvalue weighted by Gasteiger charge is 2.54. The van der Waals surface area contributed by atoms with E-state index in [2.05, 4.69) is 4.98 Å². The number of halogens is 1. The van der Waals surface area contributed by atoms with Crippen molar-refractivity contribution in [2.45, 2.75) is 25.2 Å². The van der Waals surface area contributed by atoms with E-state index in [-0.39, 0.29) is 5.91 Å². The van der Waals surface area contributed by atoms with E-state index in [9.17, 15) is 4.79 Å². The molecule has 1 aromatic heterocycles. The molecular weight excluding hydrogens is 320 g/mol. The summed E-state index contributed by atoms with van der Waals surface area (Å²) < 4.78 is 0. The van der Waals surface area contributed by atoms with E-state index in [4.69, 9.17) is 11.6 Å². The summed E-state index contributed by atoms with van der Waals surface area (Å²) in [6.07, 6.45) is 3.74. The van der Waals surface area contributed by atoms with Crippen LogP contribution < -0.4 is 4.90 Å². The van der Waals surface area contributed by atoms with Crippen LogP contribution in [0.2, 0.25) is 5.02 Å². The number of hydrogen-bond donors (Lipinski definition) is 1. The van der Waals surface area contributed by atoms with Gasteiger partial charge in [-0.25, -0.2) is 0 Å². The van der Waals surface area contributed by atoms with Crippen LogP contribution >= 0.6 is 11.6 Å². The van der Waals surface area contributed by atoms with Gasteiger partial charge in [-0.3, -0.25) is 4.79 Å². The Bertz CT molecular complexity index is 896. The predicted molar refractivity (Wildman–Crippen MR) is 98.7 cm³/mol. The molecule has 0 saturated heterocycles. The monoisotopic (exact) mass is 338 g/mol. The normalized spacial score (nSPS) is 15.4. The van der Waals surface area contributed by atoms with Gasteiger partial charge in [0.2, 0.25) is 5.91 Å². The number of aromatic amines is 1. The summed E-state index contributed by atoms with van der Waals surface area (Å²) >= 11 is 6.17. The van der Waals surface area contributed by atoms with Crippen LogP contribution in [0.4, 0.5) is 5.69 Å². The van der Waals surface area contributed by atoms with Crippen molar-refractivity contribution >= 4 is 34.1 Å². The summed E-state index contributed by atoms with van der Waals surface area (Å²) in [6, 6.07) is 15.7. The number of carbonyl (C=O) groups excluding carboxylic acids is 1. The predicted octanol–water partition coefficient (Wildman–Crippen LogP) is 4.91. The molecule has 1 N–H and O–H groups in total. The van der Waals surface area contributed by atoms with Crippen molar-refractivity contribution < 1.29 is 4.79 Å². The fourth-order valence-corrected chi connectivity index (χ4v) is 3.69. The number of anilines is 1. The van der Waals surface area contributed by atoms with Crippen molar-refractivity contribution in [3.8, 4) is 0 Å². The Balaban J connectivity index is 1.77. The van der Waals surface area contributed by atoms with Gasteiger partial charge in [-0.2, -0.15) is 0 Å². The first-order valence-corrected chi connectivity index (χ1v) is 8.67. The molecule has 1 fully saturated rings. The Morgan fingerprint density at radius 2 is 1.96 bits per heavy atom. The van der Waals surface area contributed by atoms with E-state index >= 15 is 0 Å². The summed E-state index contributed by atoms with van der Waals surface area (Å²) in [6.45, 7) is 2.68. The molecule has 1 aliphatic rings. The van der Waals surface area contributed by atoms with Gasteiger partial charge in [-0.05, 0) is 55.7 Å². The van der Waals surface area contributed by atoms with Crippen molar-refractivity contribution in [3.05, 3.63) is 65.3 Å². The first kappa shape index (κ1) is 15.3. The van der Waals surface area contributed by atoms with Gasteiger partial charge in [0.05, 0.1) is 5.41 Å². The third-order valence-electron chi connectivity index (χ3n) is 4.95. The number of amides is 1. The second-order valence-corrected chi connectivity index (χ2v) is 6.80. The van der Waals surface area contributed by atoms with E-state index < -0.39 is 5.41 Å². The van der Waals surface area contributed by atoms with Gasteiger partial charge in [0, 0.05) is 34.4 Å². The lowest BCUT2D eigenvalue weighted by atomic mass is 9.93. The Hall–Kier alpha value is -2.26. The third kappa shape index (κ3) is 2.31. The third-order valence-corrected chi connectivity index (χ3v) is 5.18. The first-order chi connectivity index (χ1) is 11.7. The second-order valence-electron chi connectivity index (χ2n) is 6.36. The van der Waals surface area contributed by atoms with Crippen LogP contribution in [0.25, 0.3) is 10.9 Å². The largest absolute Gasteiger partial charge is 0.361 e. The van der Waals surface area contributed by atoms with Crippen molar-refractivity contribution in [1.82, 2.24) is 4.98 Å². The number of para-hydroxylation sites is 1. The zero-order valence-corrected chi connectivity index (χ0v) is 14.3. The highest BCUT2D eigenvalue weighted by atomic mass is 35.5. The summed E-state index contributed by atoms with van der Waals surface area (Å²) in [5.41, 5.74) is 2.62. The SMILES string of the molecule is CCN(C(=O)C1(c2c[nH]c3ccc(Cl)cc23)CC1)c1ccccc1. The Morgan fingerprint density at radius 3 is 2.62 bits per heavy atom. The van der Waals surface area contributed by atoms with Crippen LogP contribution in [0.5, 0.6) is 0 Å². The maximum atomic E-state index is 13.4. The Kier molecular flexibility index (Phi) is 3.61. The van der Waals surface area contributed by atoms with Crippen molar-refractivity contribution in [3.63, 3.8) is 0 Å². The minimum Gasteiger partial charge on any atom is -0.361 e. The number of H-pyrrole nitrogens is 1. The molecular formula is C20H19ClN2O. The molecule has 122 valence electrons. The molecule has 3 aromatic rings. The second kappa shape index (κ2) is 5.67. The van der Waals surface area contributed by atoms with Crippen LogP contribution in [0.3, 0.4) is 0 Å². The summed E-state index contributed by atoms with van der Waals surface area (Å²) in [4.78, 5) is 18.5. The van der Waals surface area contributed by atoms with Crippen molar-refractivity contribution in [2.24, 2.45) is 0 Å². The Morgan fingerprint density at radius 1 is 1.21 bits per heavy atom. The van der Waals surface area contributed by atoms with E-state index in [1.165, 1.54) is 0 Å². The van der Waals surface area contributed by atoms with E-state index in [1.807, 2.05) is 66.6 Å². The number of likely N-dealkylation sites (N-methyl/N-ethyl adjacent to an activating group) is 1. The van der Waals surface area contributed by atoms with Crippen molar-refractivity contribution in [2.75, 3.05) is 11.4 Å². The molecule has 0 aliphatic heterocycles. The van der Waals surface area contributed by atoms with Crippen molar-refractivity contribution in [1.29, 1.82) is 0 Å². The van der Waals surface area contributed by atoms with Gasteiger partial charge in [0.1, 0.15) is 0 Å². The lowest BCUT2D eigenvalue weighted by Crippen LogP contribution is -2.39. The number of fused-ring (bicyclic) bond motifs is 1. The topological polar surface area (TPSA) is 36.1 Å². The van der Waals surface area contributed by atoms with Crippen LogP contribution in [0, 0.1) is 0 Å². The number of nitrogens with one attached hydrogen (secondary N) is 1. The molecule has 24 heavy (non-hydrogen) atoms. The number of benzene rings is 2. The molecule has 0 radical (unpaired) electrons. The van der Waals surface area contributed by atoms with E-state index in [1.54, 1.807) is 0 Å². The lowest BCUT2D eigenvalue weighted by molar-refractivity contribution is -0.120. The molecule has 1 heterocycles. The molecule has 0 spiro atoms. The lowest BCUT2D eigenvalue weighted by Gasteiger charge is -2.26. The molecule has 1 aliphatic carbocycles. The molecule has 4 rings (SSSR count).